The van der Waals surface area contributed by atoms with Crippen molar-refractivity contribution < 1.29 is 24.2 Å². The number of thiophene rings is 1. The number of benzene rings is 2. The summed E-state index contributed by atoms with van der Waals surface area (Å²) < 4.78 is 12.1. The molecule has 0 bridgehead atoms. The van der Waals surface area contributed by atoms with E-state index in [9.17, 15) is 14.7 Å². The second-order valence-electron chi connectivity index (χ2n) is 8.47. The average Bonchev–Trinajstić information content (AvgIpc) is 3.57. The van der Waals surface area contributed by atoms with E-state index in [0.717, 1.165) is 26.2 Å². The minimum absolute atomic E-state index is 0.0290. The predicted octanol–water partition coefficient (Wildman–Crippen LogP) is 5.37. The van der Waals surface area contributed by atoms with Gasteiger partial charge in [0.05, 0.1) is 15.8 Å². The second-order valence-corrected chi connectivity index (χ2v) is 10.5. The number of anilines is 1. The summed E-state index contributed by atoms with van der Waals surface area (Å²) in [5, 5.41) is 13.6. The molecule has 1 atom stereocenters. The molecule has 2 aliphatic heterocycles. The number of ketones is 1. The molecule has 4 aromatic rings. The number of amides is 1. The molecule has 0 saturated carbocycles. The van der Waals surface area contributed by atoms with Gasteiger partial charge in [-0.2, -0.15) is 0 Å². The number of aliphatic hydroxyl groups excluding tert-OH is 1. The molecular weight excluding hydrogens is 484 g/mol. The second kappa shape index (κ2) is 8.21. The summed E-state index contributed by atoms with van der Waals surface area (Å²) in [7, 11) is 0. The van der Waals surface area contributed by atoms with Gasteiger partial charge < -0.3 is 14.6 Å². The lowest BCUT2D eigenvalue weighted by Crippen LogP contribution is -2.28. The minimum Gasteiger partial charge on any atom is -0.507 e. The minimum atomic E-state index is -0.787. The van der Waals surface area contributed by atoms with E-state index in [1.807, 2.05) is 43.5 Å². The van der Waals surface area contributed by atoms with Gasteiger partial charge in [0.15, 0.2) is 16.6 Å². The standard InChI is InChI=1S/C26H20N2O5S2/c1-13-10-14(2)21-19(11-13)35-26(27-21)28-22(18-4-3-9-34-18)20(24(30)25(28)31)23(29)15-5-6-16-17(12-15)33-8-7-32-16/h3-6,9-12,22,29H,7-8H2,1-2H3/t22-/m0/s1. The van der Waals surface area contributed by atoms with Crippen LogP contribution in [-0.4, -0.2) is 35.0 Å². The molecule has 9 heteroatoms. The van der Waals surface area contributed by atoms with Gasteiger partial charge in [0.25, 0.3) is 5.78 Å². The number of ether oxygens (including phenoxy) is 2. The number of rotatable bonds is 3. The molecule has 1 saturated heterocycles. The molecule has 0 radical (unpaired) electrons. The van der Waals surface area contributed by atoms with Gasteiger partial charge in [0.2, 0.25) is 0 Å². The SMILES string of the molecule is Cc1cc(C)c2nc(N3C(=O)C(=O)C(=C(O)c4ccc5c(c4)OCCO5)[C@@H]3c3cccs3)sc2c1. The molecule has 6 rings (SSSR count). The quantitative estimate of drug-likeness (QED) is 0.229. The number of nitrogens with zero attached hydrogens (tertiary/aromatic N) is 2. The van der Waals surface area contributed by atoms with Crippen molar-refractivity contribution in [3.63, 3.8) is 0 Å². The highest BCUT2D eigenvalue weighted by Gasteiger charge is 2.48. The highest BCUT2D eigenvalue weighted by Crippen LogP contribution is 2.46. The lowest BCUT2D eigenvalue weighted by molar-refractivity contribution is -0.132. The zero-order chi connectivity index (χ0) is 24.3. The van der Waals surface area contributed by atoms with E-state index in [0.29, 0.717) is 35.4 Å². The maximum Gasteiger partial charge on any atom is 0.301 e. The Morgan fingerprint density at radius 3 is 2.66 bits per heavy atom. The van der Waals surface area contributed by atoms with Gasteiger partial charge in [-0.25, -0.2) is 4.98 Å². The predicted molar refractivity (Wildman–Crippen MR) is 136 cm³/mol. The number of carbonyl (C=O) groups excluding carboxylic acids is 2. The molecule has 1 N–H and O–H groups in total. The monoisotopic (exact) mass is 504 g/mol. The molecule has 0 aliphatic carbocycles. The summed E-state index contributed by atoms with van der Waals surface area (Å²) in [5.41, 5.74) is 3.31. The van der Waals surface area contributed by atoms with Crippen LogP contribution in [0.5, 0.6) is 11.5 Å². The van der Waals surface area contributed by atoms with Crippen molar-refractivity contribution in [1.82, 2.24) is 4.98 Å². The first-order chi connectivity index (χ1) is 16.9. The van der Waals surface area contributed by atoms with Crippen LogP contribution in [0, 0.1) is 13.8 Å². The van der Waals surface area contributed by atoms with Gasteiger partial charge in [-0.3, -0.25) is 14.5 Å². The fraction of sp³-hybridized carbons (Fsp3) is 0.192. The van der Waals surface area contributed by atoms with Crippen LogP contribution in [0.3, 0.4) is 0 Å². The van der Waals surface area contributed by atoms with Crippen LogP contribution in [-0.2, 0) is 9.59 Å². The molecule has 35 heavy (non-hydrogen) atoms. The molecule has 1 fully saturated rings. The summed E-state index contributed by atoms with van der Waals surface area (Å²) in [5.74, 6) is -0.657. The Morgan fingerprint density at radius 1 is 1.09 bits per heavy atom. The molecule has 0 unspecified atom stereocenters. The first-order valence-electron chi connectivity index (χ1n) is 11.0. The van der Waals surface area contributed by atoms with Gasteiger partial charge in [0, 0.05) is 10.4 Å². The largest absolute Gasteiger partial charge is 0.507 e. The van der Waals surface area contributed by atoms with Crippen molar-refractivity contribution in [3.05, 3.63) is 75.0 Å². The van der Waals surface area contributed by atoms with Gasteiger partial charge in [0.1, 0.15) is 25.0 Å². The van der Waals surface area contributed by atoms with E-state index < -0.39 is 17.7 Å². The van der Waals surface area contributed by atoms with Crippen LogP contribution in [0.25, 0.3) is 16.0 Å². The van der Waals surface area contributed by atoms with Crippen LogP contribution in [0.15, 0.2) is 53.4 Å². The topological polar surface area (TPSA) is 89.0 Å². The molecular formula is C26H20N2O5S2. The molecule has 2 aromatic heterocycles. The van der Waals surface area contributed by atoms with E-state index >= 15 is 0 Å². The summed E-state index contributed by atoms with van der Waals surface area (Å²) in [6.07, 6.45) is 0. The molecule has 1 amide bonds. The summed E-state index contributed by atoms with van der Waals surface area (Å²) in [6, 6.07) is 12.0. The number of fused-ring (bicyclic) bond motifs is 2. The highest BCUT2D eigenvalue weighted by atomic mass is 32.1. The van der Waals surface area contributed by atoms with Gasteiger partial charge in [-0.15, -0.1) is 11.3 Å². The van der Waals surface area contributed by atoms with Crippen molar-refractivity contribution >= 4 is 55.5 Å². The smallest absolute Gasteiger partial charge is 0.301 e. The zero-order valence-corrected chi connectivity index (χ0v) is 20.5. The Morgan fingerprint density at radius 2 is 1.89 bits per heavy atom. The molecule has 4 heterocycles. The number of aliphatic hydroxyl groups is 1. The van der Waals surface area contributed by atoms with Crippen LogP contribution in [0.2, 0.25) is 0 Å². The summed E-state index contributed by atoms with van der Waals surface area (Å²) >= 11 is 2.78. The van der Waals surface area contributed by atoms with Gasteiger partial charge >= 0.3 is 5.91 Å². The fourth-order valence-corrected chi connectivity index (χ4v) is 6.55. The number of hydrogen-bond acceptors (Lipinski definition) is 8. The van der Waals surface area contributed by atoms with E-state index in [4.69, 9.17) is 14.5 Å². The number of thiazole rings is 1. The Balaban J connectivity index is 1.53. The van der Waals surface area contributed by atoms with Crippen molar-refractivity contribution in [2.24, 2.45) is 0 Å². The molecule has 2 aliphatic rings. The van der Waals surface area contributed by atoms with Crippen LogP contribution >= 0.6 is 22.7 Å². The maximum atomic E-state index is 13.4. The van der Waals surface area contributed by atoms with E-state index in [1.165, 1.54) is 27.6 Å². The summed E-state index contributed by atoms with van der Waals surface area (Å²) in [6.45, 7) is 4.83. The molecule has 7 nitrogen and oxygen atoms in total. The number of aromatic nitrogens is 1. The first-order valence-corrected chi connectivity index (χ1v) is 12.7. The third-order valence-electron chi connectivity index (χ3n) is 6.10. The highest BCUT2D eigenvalue weighted by molar-refractivity contribution is 7.22. The van der Waals surface area contributed by atoms with E-state index in [-0.39, 0.29) is 11.3 Å². The number of hydrogen-bond donors (Lipinski definition) is 1. The Labute approximate surface area is 208 Å². The average molecular weight is 505 g/mol. The van der Waals surface area contributed by atoms with Crippen LogP contribution in [0.1, 0.15) is 27.6 Å². The normalized spacial score (nSPS) is 19.0. The molecule has 176 valence electrons. The number of Topliss-reactive ketones (excluding diaryl/α,β-unsaturated/α-hetero) is 1. The van der Waals surface area contributed by atoms with Crippen molar-refractivity contribution in [3.8, 4) is 11.5 Å². The van der Waals surface area contributed by atoms with Crippen LogP contribution in [0.4, 0.5) is 5.13 Å². The zero-order valence-electron chi connectivity index (χ0n) is 18.9. The number of carbonyl (C=O) groups is 2. The van der Waals surface area contributed by atoms with Crippen molar-refractivity contribution in [2.45, 2.75) is 19.9 Å². The lowest BCUT2D eigenvalue weighted by atomic mass is 9.99. The fourth-order valence-electron chi connectivity index (χ4n) is 4.55. The third-order valence-corrected chi connectivity index (χ3v) is 8.02. The Bertz CT molecular complexity index is 1540. The molecule has 0 spiro atoms. The lowest BCUT2D eigenvalue weighted by Gasteiger charge is -2.22. The van der Waals surface area contributed by atoms with E-state index in [2.05, 4.69) is 0 Å². The van der Waals surface area contributed by atoms with Crippen molar-refractivity contribution in [2.75, 3.05) is 18.1 Å². The third kappa shape index (κ3) is 3.50. The molecule has 2 aromatic carbocycles. The first kappa shape index (κ1) is 21.8. The van der Waals surface area contributed by atoms with Gasteiger partial charge in [-0.05, 0) is 60.7 Å². The Hall–Kier alpha value is -3.69. The Kier molecular flexibility index (Phi) is 5.12. The van der Waals surface area contributed by atoms with Gasteiger partial charge in [-0.1, -0.05) is 23.5 Å². The van der Waals surface area contributed by atoms with Crippen molar-refractivity contribution in [1.29, 1.82) is 0 Å². The van der Waals surface area contributed by atoms with Crippen LogP contribution < -0.4 is 14.4 Å². The number of aryl methyl sites for hydroxylation is 2. The summed E-state index contributed by atoms with van der Waals surface area (Å²) in [4.78, 5) is 33.6. The maximum absolute atomic E-state index is 13.4. The van der Waals surface area contributed by atoms with E-state index in [1.54, 1.807) is 18.2 Å².